The van der Waals surface area contributed by atoms with Crippen LogP contribution in [0.15, 0.2) is 0 Å². The number of carbonyl (C=O) groups excluding carboxylic acids is 1. The number of tetrazole rings is 1. The fraction of sp³-hybridized carbons (Fsp3) is 0.900. The smallest absolute Gasteiger partial charge is 0.333 e. The van der Waals surface area contributed by atoms with E-state index in [9.17, 15) is 4.79 Å². The first-order chi connectivity index (χ1) is 12.6. The van der Waals surface area contributed by atoms with Gasteiger partial charge in [0, 0.05) is 6.42 Å². The SMILES string of the molecule is CCCCCCCCCCCCc1nnn(C(C(=O)OCC)C(C)C)n1. The number of hydrogen-bond donors (Lipinski definition) is 0. The van der Waals surface area contributed by atoms with Gasteiger partial charge >= 0.3 is 5.97 Å². The van der Waals surface area contributed by atoms with Gasteiger partial charge < -0.3 is 4.74 Å². The molecule has 0 saturated heterocycles. The molecule has 1 unspecified atom stereocenters. The summed E-state index contributed by atoms with van der Waals surface area (Å²) in [5.41, 5.74) is 0. The largest absolute Gasteiger partial charge is 0.464 e. The van der Waals surface area contributed by atoms with E-state index in [0.29, 0.717) is 6.61 Å². The first kappa shape index (κ1) is 22.6. The van der Waals surface area contributed by atoms with Crippen molar-refractivity contribution in [1.82, 2.24) is 20.2 Å². The summed E-state index contributed by atoms with van der Waals surface area (Å²) in [6, 6.07) is -0.496. The lowest BCUT2D eigenvalue weighted by Gasteiger charge is -2.17. The Morgan fingerprint density at radius 2 is 1.54 bits per heavy atom. The molecule has 0 amide bonds. The van der Waals surface area contributed by atoms with Crippen LogP contribution in [0.3, 0.4) is 0 Å². The molecular weight excluding hydrogens is 328 g/mol. The van der Waals surface area contributed by atoms with Crippen LogP contribution in [0.5, 0.6) is 0 Å². The van der Waals surface area contributed by atoms with Crippen LogP contribution in [0, 0.1) is 5.92 Å². The van der Waals surface area contributed by atoms with Gasteiger partial charge in [0.15, 0.2) is 11.9 Å². The second kappa shape index (κ2) is 13.7. The fourth-order valence-corrected chi connectivity index (χ4v) is 3.10. The van der Waals surface area contributed by atoms with Gasteiger partial charge in [0.25, 0.3) is 0 Å². The lowest BCUT2D eigenvalue weighted by atomic mass is 10.1. The summed E-state index contributed by atoms with van der Waals surface area (Å²) in [4.78, 5) is 13.5. The summed E-state index contributed by atoms with van der Waals surface area (Å²) in [6.07, 6.45) is 13.9. The predicted molar refractivity (Wildman–Crippen MR) is 104 cm³/mol. The summed E-state index contributed by atoms with van der Waals surface area (Å²) in [6.45, 7) is 8.36. The molecule has 0 spiro atoms. The maximum absolute atomic E-state index is 12.1. The van der Waals surface area contributed by atoms with Gasteiger partial charge in [0.1, 0.15) is 0 Å². The first-order valence-corrected chi connectivity index (χ1v) is 10.5. The van der Waals surface area contributed by atoms with Crippen LogP contribution in [0.4, 0.5) is 0 Å². The van der Waals surface area contributed by atoms with E-state index in [1.54, 1.807) is 6.92 Å². The Bertz CT molecular complexity index is 488. The molecule has 6 nitrogen and oxygen atoms in total. The molecule has 1 atom stereocenters. The molecule has 6 heteroatoms. The van der Waals surface area contributed by atoms with E-state index in [1.807, 2.05) is 13.8 Å². The molecule has 0 aliphatic heterocycles. The Labute approximate surface area is 159 Å². The quantitative estimate of drug-likeness (QED) is 0.326. The maximum atomic E-state index is 12.1. The maximum Gasteiger partial charge on any atom is 0.333 e. The van der Waals surface area contributed by atoms with E-state index in [0.717, 1.165) is 18.7 Å². The number of nitrogens with zero attached hydrogens (tertiary/aromatic N) is 4. The number of aromatic nitrogens is 4. The highest BCUT2D eigenvalue weighted by molar-refractivity contribution is 5.74. The van der Waals surface area contributed by atoms with Crippen molar-refractivity contribution in [3.8, 4) is 0 Å². The molecule has 0 aliphatic carbocycles. The van der Waals surface area contributed by atoms with Crippen LogP contribution in [-0.2, 0) is 16.0 Å². The number of aryl methyl sites for hydroxylation is 1. The van der Waals surface area contributed by atoms with Crippen LogP contribution in [0.1, 0.15) is 104 Å². The van der Waals surface area contributed by atoms with Crippen LogP contribution in [-0.4, -0.2) is 32.8 Å². The molecule has 0 bridgehead atoms. The van der Waals surface area contributed by atoms with Gasteiger partial charge in [-0.2, -0.15) is 0 Å². The van der Waals surface area contributed by atoms with Crippen molar-refractivity contribution < 1.29 is 9.53 Å². The van der Waals surface area contributed by atoms with E-state index in [4.69, 9.17) is 4.74 Å². The second-order valence-corrected chi connectivity index (χ2v) is 7.40. The third kappa shape index (κ3) is 8.77. The number of carbonyl (C=O) groups is 1. The highest BCUT2D eigenvalue weighted by Gasteiger charge is 2.28. The lowest BCUT2D eigenvalue weighted by molar-refractivity contribution is -0.149. The summed E-state index contributed by atoms with van der Waals surface area (Å²) in [5.74, 6) is 0.498. The van der Waals surface area contributed by atoms with Crippen molar-refractivity contribution in [1.29, 1.82) is 0 Å². The van der Waals surface area contributed by atoms with E-state index < -0.39 is 6.04 Å². The van der Waals surface area contributed by atoms with E-state index >= 15 is 0 Å². The molecule has 0 aromatic carbocycles. The third-order valence-corrected chi connectivity index (χ3v) is 4.63. The molecule has 0 aliphatic rings. The van der Waals surface area contributed by atoms with Gasteiger partial charge in [-0.25, -0.2) is 4.79 Å². The van der Waals surface area contributed by atoms with E-state index in [-0.39, 0.29) is 11.9 Å². The molecule has 0 N–H and O–H groups in total. The monoisotopic (exact) mass is 366 g/mol. The van der Waals surface area contributed by atoms with Gasteiger partial charge in [-0.3, -0.25) is 0 Å². The van der Waals surface area contributed by atoms with E-state index in [1.165, 1.54) is 62.6 Å². The second-order valence-electron chi connectivity index (χ2n) is 7.40. The number of rotatable bonds is 15. The zero-order chi connectivity index (χ0) is 19.2. The summed E-state index contributed by atoms with van der Waals surface area (Å²) >= 11 is 0. The van der Waals surface area contributed by atoms with Gasteiger partial charge in [0.2, 0.25) is 0 Å². The van der Waals surface area contributed by atoms with E-state index in [2.05, 4.69) is 22.3 Å². The lowest BCUT2D eigenvalue weighted by Crippen LogP contribution is -2.28. The van der Waals surface area contributed by atoms with Crippen LogP contribution in [0.25, 0.3) is 0 Å². The van der Waals surface area contributed by atoms with Crippen LogP contribution in [0.2, 0.25) is 0 Å². The molecule has 26 heavy (non-hydrogen) atoms. The van der Waals surface area contributed by atoms with Crippen molar-refractivity contribution in [2.45, 2.75) is 104 Å². The zero-order valence-corrected chi connectivity index (χ0v) is 17.2. The standard InChI is InChI=1S/C20H38N4O2/c1-5-7-8-9-10-11-12-13-14-15-16-18-21-23-24(22-18)19(17(3)4)20(25)26-6-2/h17,19H,5-16H2,1-4H3. The third-order valence-electron chi connectivity index (χ3n) is 4.63. The molecule has 150 valence electrons. The molecule has 0 radical (unpaired) electrons. The normalized spacial score (nSPS) is 12.5. The van der Waals surface area contributed by atoms with Crippen molar-refractivity contribution in [2.24, 2.45) is 5.92 Å². The van der Waals surface area contributed by atoms with Gasteiger partial charge in [-0.05, 0) is 24.5 Å². The Morgan fingerprint density at radius 1 is 0.962 bits per heavy atom. The van der Waals surface area contributed by atoms with Crippen molar-refractivity contribution >= 4 is 5.97 Å². The summed E-state index contributed by atoms with van der Waals surface area (Å²) in [5, 5.41) is 12.6. The molecule has 0 saturated carbocycles. The van der Waals surface area contributed by atoms with Crippen molar-refractivity contribution in [3.05, 3.63) is 5.82 Å². The topological polar surface area (TPSA) is 69.9 Å². The first-order valence-electron chi connectivity index (χ1n) is 10.5. The number of hydrogen-bond acceptors (Lipinski definition) is 5. The van der Waals surface area contributed by atoms with Gasteiger partial charge in [-0.15, -0.1) is 15.0 Å². The highest BCUT2D eigenvalue weighted by Crippen LogP contribution is 2.17. The minimum atomic E-state index is -0.496. The van der Waals surface area contributed by atoms with Crippen molar-refractivity contribution in [2.75, 3.05) is 6.61 Å². The molecule has 0 fully saturated rings. The molecule has 1 aromatic rings. The Morgan fingerprint density at radius 3 is 2.08 bits per heavy atom. The van der Waals surface area contributed by atoms with Crippen molar-refractivity contribution in [3.63, 3.8) is 0 Å². The summed E-state index contributed by atoms with van der Waals surface area (Å²) < 4.78 is 5.13. The zero-order valence-electron chi connectivity index (χ0n) is 17.2. The molecule has 1 rings (SSSR count). The van der Waals surface area contributed by atoms with Crippen LogP contribution < -0.4 is 0 Å². The van der Waals surface area contributed by atoms with Gasteiger partial charge in [-0.1, -0.05) is 78.6 Å². The Hall–Kier alpha value is -1.46. The molecule has 1 heterocycles. The highest BCUT2D eigenvalue weighted by atomic mass is 16.5. The van der Waals surface area contributed by atoms with Gasteiger partial charge in [0.05, 0.1) is 6.61 Å². The number of esters is 1. The minimum absolute atomic E-state index is 0.0634. The van der Waals surface area contributed by atoms with Crippen LogP contribution >= 0.6 is 0 Å². The average Bonchev–Trinajstić information content (AvgIpc) is 3.05. The Balaban J connectivity index is 2.24. The Kier molecular flexibility index (Phi) is 11.9. The molecule has 1 aromatic heterocycles. The minimum Gasteiger partial charge on any atom is -0.464 e. The predicted octanol–water partition coefficient (Wildman–Crippen LogP) is 4.90. The number of ether oxygens (including phenoxy) is 1. The fourth-order valence-electron chi connectivity index (χ4n) is 3.10. The molecular formula is C20H38N4O2. The average molecular weight is 367 g/mol. The summed E-state index contributed by atoms with van der Waals surface area (Å²) in [7, 11) is 0. The number of unbranched alkanes of at least 4 members (excludes halogenated alkanes) is 9.